The summed E-state index contributed by atoms with van der Waals surface area (Å²) in [7, 11) is 1.44. The van der Waals surface area contributed by atoms with E-state index in [1.807, 2.05) is 6.08 Å². The third kappa shape index (κ3) is 2.53. The Labute approximate surface area is 115 Å². The largest absolute Gasteiger partial charge is 0.478 e. The van der Waals surface area contributed by atoms with Crippen molar-refractivity contribution in [3.63, 3.8) is 0 Å². The summed E-state index contributed by atoms with van der Waals surface area (Å²) in [6.45, 7) is 0. The number of allylic oxidation sites excluding steroid dienone is 1. The molecule has 6 nitrogen and oxygen atoms in total. The minimum atomic E-state index is -1.03. The zero-order chi connectivity index (χ0) is 14.0. The van der Waals surface area contributed by atoms with E-state index in [0.29, 0.717) is 6.42 Å². The van der Waals surface area contributed by atoms with Gasteiger partial charge in [-0.3, -0.25) is 0 Å². The molecule has 0 spiro atoms. The number of amides is 1. The second-order valence-corrected chi connectivity index (χ2v) is 4.59. The number of carboxylic acid groups (broad SMARTS) is 1. The van der Waals surface area contributed by atoms with Gasteiger partial charge in [0.05, 0.1) is 17.8 Å². The summed E-state index contributed by atoms with van der Waals surface area (Å²) in [4.78, 5) is 22.4. The van der Waals surface area contributed by atoms with E-state index in [-0.39, 0.29) is 23.3 Å². The number of nitrogens with one attached hydrogen (secondary N) is 1. The van der Waals surface area contributed by atoms with Crippen molar-refractivity contribution in [3.8, 4) is 0 Å². The number of rotatable bonds is 3. The van der Waals surface area contributed by atoms with E-state index >= 15 is 0 Å². The molecule has 0 saturated heterocycles. The first-order valence-electron chi connectivity index (χ1n) is 5.80. The molecule has 1 aliphatic heterocycles. The van der Waals surface area contributed by atoms with Crippen LogP contribution >= 0.6 is 11.6 Å². The van der Waals surface area contributed by atoms with Crippen molar-refractivity contribution >= 4 is 23.7 Å². The smallest absolute Gasteiger partial charge is 0.409 e. The molecule has 0 aromatic heterocycles. The monoisotopic (exact) mass is 287 g/mol. The number of halogens is 1. The molecule has 0 radical (unpaired) electrons. The van der Waals surface area contributed by atoms with E-state index in [9.17, 15) is 9.59 Å². The van der Waals surface area contributed by atoms with Gasteiger partial charge in [0.25, 0.3) is 6.29 Å². The Morgan fingerprint density at radius 3 is 2.95 bits per heavy atom. The van der Waals surface area contributed by atoms with Gasteiger partial charge in [-0.2, -0.15) is 0 Å². The standard InChI is InChI=1S/C12H14ClNO5/c1-14-12(17)19-11-9-6(4-13)2-3-7(9)8(5-18-11)10(15)16/h2,5,7,9,11H,3-4H2,1H3,(H,14,17)(H,15,16)/t7-,9+,11+/m1/s1. The molecule has 0 saturated carbocycles. The maximum absolute atomic E-state index is 11.3. The fourth-order valence-electron chi connectivity index (χ4n) is 2.43. The van der Waals surface area contributed by atoms with Gasteiger partial charge in [0.2, 0.25) is 0 Å². The summed E-state index contributed by atoms with van der Waals surface area (Å²) >= 11 is 5.84. The molecule has 3 atom stereocenters. The Kier molecular flexibility index (Phi) is 3.99. The molecule has 0 bridgehead atoms. The predicted molar refractivity (Wildman–Crippen MR) is 66.5 cm³/mol. The summed E-state index contributed by atoms with van der Waals surface area (Å²) in [5.41, 5.74) is 1.02. The van der Waals surface area contributed by atoms with Crippen LogP contribution in [0.3, 0.4) is 0 Å². The number of carbonyl (C=O) groups excluding carboxylic acids is 1. The highest BCUT2D eigenvalue weighted by atomic mass is 35.5. The molecular formula is C12H14ClNO5. The van der Waals surface area contributed by atoms with E-state index in [1.54, 1.807) is 0 Å². The van der Waals surface area contributed by atoms with Gasteiger partial charge in [-0.15, -0.1) is 11.6 Å². The van der Waals surface area contributed by atoms with Crippen LogP contribution < -0.4 is 5.32 Å². The van der Waals surface area contributed by atoms with Gasteiger partial charge in [-0.25, -0.2) is 9.59 Å². The number of carboxylic acids is 1. The van der Waals surface area contributed by atoms with E-state index in [0.717, 1.165) is 11.8 Å². The molecule has 0 unspecified atom stereocenters. The SMILES string of the molecule is CNC(=O)O[C@@H]1OC=C(C(=O)O)[C@H]2CC=C(CCl)[C@H]12. The van der Waals surface area contributed by atoms with Crippen molar-refractivity contribution in [2.45, 2.75) is 12.7 Å². The first kappa shape index (κ1) is 13.7. The Morgan fingerprint density at radius 2 is 2.37 bits per heavy atom. The molecule has 1 heterocycles. The second kappa shape index (κ2) is 5.52. The van der Waals surface area contributed by atoms with Crippen LogP contribution in [-0.2, 0) is 14.3 Å². The molecule has 1 amide bonds. The van der Waals surface area contributed by atoms with E-state index in [4.69, 9.17) is 26.2 Å². The van der Waals surface area contributed by atoms with Crippen molar-refractivity contribution in [2.75, 3.05) is 12.9 Å². The Morgan fingerprint density at radius 1 is 1.63 bits per heavy atom. The van der Waals surface area contributed by atoms with Gasteiger partial charge in [-0.1, -0.05) is 6.08 Å². The van der Waals surface area contributed by atoms with Gasteiger partial charge in [0, 0.05) is 18.8 Å². The molecule has 2 N–H and O–H groups in total. The summed E-state index contributed by atoms with van der Waals surface area (Å²) in [6.07, 6.45) is 2.12. The highest BCUT2D eigenvalue weighted by Crippen LogP contribution is 2.43. The second-order valence-electron chi connectivity index (χ2n) is 4.32. The molecule has 1 aliphatic carbocycles. The molecule has 104 valence electrons. The summed E-state index contributed by atoms with van der Waals surface area (Å²) in [6, 6.07) is 0. The first-order chi connectivity index (χ1) is 9.08. The number of aliphatic carboxylic acids is 1. The number of carbonyl (C=O) groups is 2. The lowest BCUT2D eigenvalue weighted by atomic mass is 9.84. The van der Waals surface area contributed by atoms with Crippen LogP contribution in [0.15, 0.2) is 23.5 Å². The average Bonchev–Trinajstić information content (AvgIpc) is 2.82. The lowest BCUT2D eigenvalue weighted by Crippen LogP contribution is -2.39. The van der Waals surface area contributed by atoms with E-state index in [1.165, 1.54) is 7.05 Å². The average molecular weight is 288 g/mol. The summed E-state index contributed by atoms with van der Waals surface area (Å²) in [5.74, 6) is -1.39. The van der Waals surface area contributed by atoms with Crippen LogP contribution in [0.1, 0.15) is 6.42 Å². The van der Waals surface area contributed by atoms with Crippen molar-refractivity contribution in [2.24, 2.45) is 11.8 Å². The highest BCUT2D eigenvalue weighted by Gasteiger charge is 2.45. The van der Waals surface area contributed by atoms with Gasteiger partial charge >= 0.3 is 12.1 Å². The summed E-state index contributed by atoms with van der Waals surface area (Å²) < 4.78 is 10.4. The molecule has 0 aromatic rings. The summed E-state index contributed by atoms with van der Waals surface area (Å²) in [5, 5.41) is 11.5. The van der Waals surface area contributed by atoms with Crippen molar-refractivity contribution in [3.05, 3.63) is 23.5 Å². The zero-order valence-electron chi connectivity index (χ0n) is 10.3. The number of ether oxygens (including phenoxy) is 2. The fraction of sp³-hybridized carbons (Fsp3) is 0.500. The molecule has 19 heavy (non-hydrogen) atoms. The Balaban J connectivity index is 2.24. The molecule has 2 rings (SSSR count). The van der Waals surface area contributed by atoms with Gasteiger partial charge in [0.15, 0.2) is 0 Å². The fourth-order valence-corrected chi connectivity index (χ4v) is 2.72. The third-order valence-electron chi connectivity index (χ3n) is 3.35. The molecule has 0 fully saturated rings. The van der Waals surface area contributed by atoms with E-state index in [2.05, 4.69) is 5.32 Å². The van der Waals surface area contributed by atoms with Crippen molar-refractivity contribution in [1.82, 2.24) is 5.32 Å². The molecule has 7 heteroatoms. The normalized spacial score (nSPS) is 28.6. The predicted octanol–water partition coefficient (Wildman–Crippen LogP) is 1.47. The number of alkyl carbamates (subject to hydrolysis) is 1. The third-order valence-corrected chi connectivity index (χ3v) is 3.65. The molecule has 2 aliphatic rings. The van der Waals surface area contributed by atoms with Gasteiger partial charge in [-0.05, 0) is 12.0 Å². The van der Waals surface area contributed by atoms with Crippen LogP contribution in [-0.4, -0.2) is 36.4 Å². The number of hydrogen-bond acceptors (Lipinski definition) is 4. The first-order valence-corrected chi connectivity index (χ1v) is 6.34. The van der Waals surface area contributed by atoms with Crippen molar-refractivity contribution in [1.29, 1.82) is 0 Å². The minimum absolute atomic E-state index is 0.179. The van der Waals surface area contributed by atoms with Crippen LogP contribution in [0, 0.1) is 11.8 Å². The van der Waals surface area contributed by atoms with Crippen molar-refractivity contribution < 1.29 is 24.2 Å². The zero-order valence-corrected chi connectivity index (χ0v) is 11.0. The minimum Gasteiger partial charge on any atom is -0.478 e. The van der Waals surface area contributed by atoms with Gasteiger partial charge in [0.1, 0.15) is 0 Å². The lowest BCUT2D eigenvalue weighted by Gasteiger charge is -2.33. The van der Waals surface area contributed by atoms with Crippen LogP contribution in [0.2, 0.25) is 0 Å². The Hall–Kier alpha value is -1.69. The van der Waals surface area contributed by atoms with Crippen LogP contribution in [0.5, 0.6) is 0 Å². The highest BCUT2D eigenvalue weighted by molar-refractivity contribution is 6.19. The Bertz CT molecular complexity index is 459. The van der Waals surface area contributed by atoms with Crippen LogP contribution in [0.25, 0.3) is 0 Å². The number of hydrogen-bond donors (Lipinski definition) is 2. The quantitative estimate of drug-likeness (QED) is 0.606. The lowest BCUT2D eigenvalue weighted by molar-refractivity contribution is -0.138. The molecular weight excluding hydrogens is 274 g/mol. The number of alkyl halides is 1. The maximum atomic E-state index is 11.3. The maximum Gasteiger partial charge on any atom is 0.409 e. The van der Waals surface area contributed by atoms with E-state index < -0.39 is 18.4 Å². The molecule has 0 aromatic carbocycles. The van der Waals surface area contributed by atoms with Gasteiger partial charge < -0.3 is 19.9 Å². The van der Waals surface area contributed by atoms with Crippen LogP contribution in [0.4, 0.5) is 4.79 Å². The topological polar surface area (TPSA) is 84.9 Å². The number of fused-ring (bicyclic) bond motifs is 1.